The lowest BCUT2D eigenvalue weighted by molar-refractivity contribution is 0.0103. The van der Waals surface area contributed by atoms with E-state index in [4.69, 9.17) is 10.8 Å². The van der Waals surface area contributed by atoms with Crippen LogP contribution in [0.25, 0.3) is 0 Å². The Bertz CT molecular complexity index is 586. The number of likely N-dealkylation sites (tertiary alicyclic amines) is 1. The van der Waals surface area contributed by atoms with Crippen molar-refractivity contribution in [1.82, 2.24) is 15.1 Å². The van der Waals surface area contributed by atoms with E-state index in [9.17, 15) is 0 Å². The average Bonchev–Trinajstić information content (AvgIpc) is 2.58. The Morgan fingerprint density at radius 2 is 1.85 bits per heavy atom. The summed E-state index contributed by atoms with van der Waals surface area (Å²) in [5, 5.41) is 19.3. The van der Waals surface area contributed by atoms with Gasteiger partial charge in [0.1, 0.15) is 0 Å². The third-order valence-corrected chi connectivity index (χ3v) is 5.65. The molecule has 4 unspecified atom stereocenters. The summed E-state index contributed by atoms with van der Waals surface area (Å²) in [6.45, 7) is 9.06. The molecule has 5 nitrogen and oxygen atoms in total. The van der Waals surface area contributed by atoms with E-state index >= 15 is 0 Å². The highest BCUT2D eigenvalue weighted by Crippen LogP contribution is 2.31. The number of nitrogens with one attached hydrogen (secondary N) is 3. The van der Waals surface area contributed by atoms with Crippen LogP contribution in [0.2, 0.25) is 0 Å². The molecule has 4 atom stereocenters. The fourth-order valence-corrected chi connectivity index (χ4v) is 4.37. The van der Waals surface area contributed by atoms with E-state index in [2.05, 4.69) is 54.4 Å². The predicted octanol–water partition coefficient (Wildman–Crippen LogP) is 3.87. The highest BCUT2D eigenvalue weighted by Gasteiger charge is 2.36. The molecular weight excluding hydrogens is 322 g/mol. The minimum atomic E-state index is 0.194. The Kier molecular flexibility index (Phi) is 7.35. The Labute approximate surface area is 158 Å². The third kappa shape index (κ3) is 4.92. The van der Waals surface area contributed by atoms with Crippen molar-refractivity contribution in [2.45, 2.75) is 71.1 Å². The van der Waals surface area contributed by atoms with Crippen molar-refractivity contribution < 1.29 is 0 Å². The van der Waals surface area contributed by atoms with E-state index in [-0.39, 0.29) is 6.04 Å². The molecule has 1 fully saturated rings. The van der Waals surface area contributed by atoms with Crippen LogP contribution < -0.4 is 5.32 Å². The summed E-state index contributed by atoms with van der Waals surface area (Å²) in [5.74, 6) is 0.923. The van der Waals surface area contributed by atoms with Crippen molar-refractivity contribution in [2.75, 3.05) is 13.6 Å². The zero-order valence-corrected chi connectivity index (χ0v) is 16.9. The molecule has 0 radical (unpaired) electrons. The Balaban J connectivity index is 1.92. The van der Waals surface area contributed by atoms with Crippen LogP contribution in [0.4, 0.5) is 0 Å². The van der Waals surface area contributed by atoms with Gasteiger partial charge in [-0.3, -0.25) is 15.7 Å². The second-order valence-electron chi connectivity index (χ2n) is 7.64. The van der Waals surface area contributed by atoms with Crippen LogP contribution in [0.1, 0.15) is 58.6 Å². The van der Waals surface area contributed by atoms with Gasteiger partial charge in [-0.1, -0.05) is 30.3 Å². The Morgan fingerprint density at radius 3 is 2.35 bits per heavy atom. The van der Waals surface area contributed by atoms with Gasteiger partial charge in [0.05, 0.1) is 11.7 Å². The first-order chi connectivity index (χ1) is 12.3. The molecule has 1 aromatic carbocycles. The second kappa shape index (κ2) is 9.28. The molecule has 0 aliphatic carbocycles. The van der Waals surface area contributed by atoms with Crippen LogP contribution in [0.5, 0.6) is 0 Å². The first-order valence-corrected chi connectivity index (χ1v) is 9.72. The lowest BCUT2D eigenvalue weighted by Gasteiger charge is -2.49. The van der Waals surface area contributed by atoms with E-state index in [1.165, 1.54) is 12.0 Å². The smallest absolute Gasteiger partial charge is 0.0982 e. The van der Waals surface area contributed by atoms with Crippen LogP contribution >= 0.6 is 0 Å². The predicted molar refractivity (Wildman–Crippen MR) is 110 cm³/mol. The highest BCUT2D eigenvalue weighted by molar-refractivity contribution is 5.96. The number of hydrogen-bond donors (Lipinski definition) is 3. The molecule has 26 heavy (non-hydrogen) atoms. The van der Waals surface area contributed by atoms with Crippen molar-refractivity contribution in [1.29, 1.82) is 10.8 Å². The molecule has 0 amide bonds. The highest BCUT2D eigenvalue weighted by atomic mass is 15.3. The maximum absolute atomic E-state index is 7.94. The number of amidine groups is 2. The topological polar surface area (TPSA) is 66.2 Å². The van der Waals surface area contributed by atoms with E-state index in [0.717, 1.165) is 19.4 Å². The van der Waals surface area contributed by atoms with Gasteiger partial charge in [-0.25, -0.2) is 0 Å². The molecule has 3 N–H and O–H groups in total. The molecule has 1 heterocycles. The number of nitrogens with zero attached hydrogens (tertiary/aromatic N) is 2. The number of rotatable bonds is 8. The van der Waals surface area contributed by atoms with Crippen molar-refractivity contribution in [3.05, 3.63) is 35.9 Å². The fraction of sp³-hybridized carbons (Fsp3) is 0.619. The minimum Gasteiger partial charge on any atom is -0.317 e. The Hall–Kier alpha value is -1.72. The van der Waals surface area contributed by atoms with E-state index in [0.29, 0.717) is 29.8 Å². The quantitative estimate of drug-likeness (QED) is 0.489. The summed E-state index contributed by atoms with van der Waals surface area (Å²) in [7, 11) is 2.04. The first-order valence-electron chi connectivity index (χ1n) is 9.72. The monoisotopic (exact) mass is 357 g/mol. The second-order valence-corrected chi connectivity index (χ2v) is 7.64. The van der Waals surface area contributed by atoms with Gasteiger partial charge >= 0.3 is 0 Å². The number of benzene rings is 1. The van der Waals surface area contributed by atoms with Crippen molar-refractivity contribution >= 4 is 11.7 Å². The van der Waals surface area contributed by atoms with Crippen molar-refractivity contribution in [3.63, 3.8) is 0 Å². The lowest BCUT2D eigenvalue weighted by Crippen LogP contribution is -2.57. The van der Waals surface area contributed by atoms with Crippen molar-refractivity contribution in [3.8, 4) is 0 Å². The Morgan fingerprint density at radius 1 is 1.23 bits per heavy atom. The van der Waals surface area contributed by atoms with Crippen LogP contribution in [0.3, 0.4) is 0 Å². The summed E-state index contributed by atoms with van der Waals surface area (Å²) in [5.41, 5.74) is 1.35. The zero-order chi connectivity index (χ0) is 19.3. The molecule has 0 bridgehead atoms. The molecule has 5 heteroatoms. The van der Waals surface area contributed by atoms with Crippen LogP contribution in [0.15, 0.2) is 30.3 Å². The standard InChI is InChI=1S/C21H35N5/c1-15-13-20(14-16(2)26(17(3)22)18(4)23)25(15)12-11-21(24-5)19-9-7-6-8-10-19/h6-10,15-16,20-24H,11-14H2,1-5H3. The van der Waals surface area contributed by atoms with Crippen LogP contribution in [-0.2, 0) is 0 Å². The molecule has 2 rings (SSSR count). The molecule has 144 valence electrons. The molecule has 1 aromatic rings. The summed E-state index contributed by atoms with van der Waals surface area (Å²) in [6, 6.07) is 12.4. The summed E-state index contributed by atoms with van der Waals surface area (Å²) >= 11 is 0. The van der Waals surface area contributed by atoms with Gasteiger partial charge in [0.15, 0.2) is 0 Å². The molecule has 0 spiro atoms. The molecule has 1 saturated heterocycles. The minimum absolute atomic E-state index is 0.194. The van der Waals surface area contributed by atoms with E-state index in [1.54, 1.807) is 13.8 Å². The molecular formula is C21H35N5. The molecule has 0 aromatic heterocycles. The normalized spacial score (nSPS) is 22.3. The van der Waals surface area contributed by atoms with E-state index in [1.807, 2.05) is 11.9 Å². The number of hydrogen-bond acceptors (Lipinski definition) is 4. The van der Waals surface area contributed by atoms with Crippen LogP contribution in [0, 0.1) is 10.8 Å². The molecule has 1 aliphatic heterocycles. The summed E-state index contributed by atoms with van der Waals surface area (Å²) in [4.78, 5) is 4.43. The summed E-state index contributed by atoms with van der Waals surface area (Å²) in [6.07, 6.45) is 3.31. The maximum Gasteiger partial charge on any atom is 0.0982 e. The SMILES string of the molecule is CNC(CCN1C(C)CC1CC(C)N(C(C)=N)C(C)=N)c1ccccc1. The van der Waals surface area contributed by atoms with Gasteiger partial charge in [0.25, 0.3) is 0 Å². The van der Waals surface area contributed by atoms with E-state index < -0.39 is 0 Å². The van der Waals surface area contributed by atoms with Gasteiger partial charge < -0.3 is 10.2 Å². The summed E-state index contributed by atoms with van der Waals surface area (Å²) < 4.78 is 0. The first kappa shape index (κ1) is 20.6. The van der Waals surface area contributed by atoms with Crippen molar-refractivity contribution in [2.24, 2.45) is 0 Å². The van der Waals surface area contributed by atoms with Gasteiger partial charge in [-0.05, 0) is 59.6 Å². The fourth-order valence-electron chi connectivity index (χ4n) is 4.37. The van der Waals surface area contributed by atoms with Gasteiger partial charge in [0, 0.05) is 30.7 Å². The van der Waals surface area contributed by atoms with Crippen LogP contribution in [-0.4, -0.2) is 53.2 Å². The lowest BCUT2D eigenvalue weighted by atomic mass is 9.88. The molecule has 0 saturated carbocycles. The largest absolute Gasteiger partial charge is 0.317 e. The average molecular weight is 358 g/mol. The molecule has 1 aliphatic rings. The van der Waals surface area contributed by atoms with Gasteiger partial charge in [0.2, 0.25) is 0 Å². The maximum atomic E-state index is 7.94. The zero-order valence-electron chi connectivity index (χ0n) is 16.9. The third-order valence-electron chi connectivity index (χ3n) is 5.65. The van der Waals surface area contributed by atoms with Gasteiger partial charge in [-0.15, -0.1) is 0 Å². The van der Waals surface area contributed by atoms with Gasteiger partial charge in [-0.2, -0.15) is 0 Å².